The van der Waals surface area contributed by atoms with Gasteiger partial charge in [0, 0.05) is 10.7 Å². The Morgan fingerprint density at radius 2 is 1.93 bits per heavy atom. The molecule has 0 fully saturated rings. The summed E-state index contributed by atoms with van der Waals surface area (Å²) in [5, 5.41) is 0. The first-order valence-electron chi connectivity index (χ1n) is 3.77. The van der Waals surface area contributed by atoms with Crippen LogP contribution in [-0.2, 0) is 0 Å². The summed E-state index contributed by atoms with van der Waals surface area (Å²) in [5.41, 5.74) is -0.675. The molecule has 0 aliphatic carbocycles. The van der Waals surface area contributed by atoms with Gasteiger partial charge in [0.1, 0.15) is 0 Å². The SMILES string of the molecule is COc1ncc(Br)c(C)c1[B-](F)(F)F.[K+]. The van der Waals surface area contributed by atoms with Crippen LogP contribution in [0.5, 0.6) is 5.88 Å². The smallest absolute Gasteiger partial charge is 0.483 e. The molecule has 2 nitrogen and oxygen atoms in total. The molecule has 1 aromatic heterocycles. The Balaban J connectivity index is 0.00000196. The van der Waals surface area contributed by atoms with E-state index in [1.807, 2.05) is 0 Å². The van der Waals surface area contributed by atoms with Crippen LogP contribution in [0.25, 0.3) is 0 Å². The minimum atomic E-state index is -5.10. The maximum Gasteiger partial charge on any atom is 1.00 e. The summed E-state index contributed by atoms with van der Waals surface area (Å²) in [6, 6.07) is 0. The molecule has 1 aromatic rings. The van der Waals surface area contributed by atoms with Gasteiger partial charge in [-0.1, -0.05) is 5.56 Å². The molecule has 8 heteroatoms. The van der Waals surface area contributed by atoms with E-state index in [2.05, 4.69) is 25.7 Å². The number of rotatable bonds is 2. The Morgan fingerprint density at radius 1 is 1.40 bits per heavy atom. The Bertz CT molecular complexity index is 361. The van der Waals surface area contributed by atoms with E-state index in [4.69, 9.17) is 0 Å². The Kier molecular flexibility index (Phi) is 6.39. The molecular weight excluding hydrogens is 301 g/mol. The molecule has 78 valence electrons. The van der Waals surface area contributed by atoms with Crippen molar-refractivity contribution in [3.63, 3.8) is 0 Å². The zero-order chi connectivity index (χ0) is 10.9. The van der Waals surface area contributed by atoms with Gasteiger partial charge in [0.25, 0.3) is 0 Å². The minimum absolute atomic E-state index is 0. The number of hydrogen-bond acceptors (Lipinski definition) is 2. The van der Waals surface area contributed by atoms with Crippen molar-refractivity contribution in [2.24, 2.45) is 0 Å². The first-order chi connectivity index (χ1) is 6.38. The third kappa shape index (κ3) is 3.71. The fraction of sp³-hybridized carbons (Fsp3) is 0.286. The molecule has 1 rings (SSSR count). The molecule has 0 saturated carbocycles. The van der Waals surface area contributed by atoms with Crippen LogP contribution in [-0.4, -0.2) is 19.1 Å². The molecule has 0 spiro atoms. The second-order valence-corrected chi connectivity index (χ2v) is 3.58. The van der Waals surface area contributed by atoms with E-state index in [1.54, 1.807) is 0 Å². The number of aromatic nitrogens is 1. The molecule has 15 heavy (non-hydrogen) atoms. The van der Waals surface area contributed by atoms with Gasteiger partial charge >= 0.3 is 58.4 Å². The van der Waals surface area contributed by atoms with Gasteiger partial charge in [-0.25, -0.2) is 4.98 Å². The average molecular weight is 308 g/mol. The van der Waals surface area contributed by atoms with Crippen molar-refractivity contribution in [1.82, 2.24) is 4.98 Å². The summed E-state index contributed by atoms with van der Waals surface area (Å²) in [6.07, 6.45) is 1.29. The molecule has 0 aliphatic rings. The van der Waals surface area contributed by atoms with Crippen LogP contribution in [0.3, 0.4) is 0 Å². The summed E-state index contributed by atoms with van der Waals surface area (Å²) >= 11 is 2.99. The number of nitrogens with zero attached hydrogens (tertiary/aromatic N) is 1. The first kappa shape index (κ1) is 15.9. The summed E-state index contributed by atoms with van der Waals surface area (Å²) in [4.78, 5) is 3.55. The molecule has 0 radical (unpaired) electrons. The predicted octanol–water partition coefficient (Wildman–Crippen LogP) is -0.780. The molecule has 0 amide bonds. The number of methoxy groups -OCH3 is 1. The van der Waals surface area contributed by atoms with E-state index in [9.17, 15) is 12.9 Å². The van der Waals surface area contributed by atoms with Crippen LogP contribution < -0.4 is 61.6 Å². The van der Waals surface area contributed by atoms with E-state index in [0.717, 1.165) is 0 Å². The second-order valence-electron chi connectivity index (χ2n) is 2.73. The molecule has 0 unspecified atom stereocenters. The third-order valence-electron chi connectivity index (χ3n) is 1.81. The van der Waals surface area contributed by atoms with Crippen LogP contribution in [0.4, 0.5) is 12.9 Å². The molecule has 1 heterocycles. The van der Waals surface area contributed by atoms with Gasteiger partial charge in [0.2, 0.25) is 0 Å². The van der Waals surface area contributed by atoms with Gasteiger partial charge in [0.05, 0.1) is 7.11 Å². The molecule has 0 saturated heterocycles. The van der Waals surface area contributed by atoms with Gasteiger partial charge in [-0.3, -0.25) is 0 Å². The van der Waals surface area contributed by atoms with Crippen molar-refractivity contribution in [3.05, 3.63) is 16.2 Å². The van der Waals surface area contributed by atoms with Crippen molar-refractivity contribution in [1.29, 1.82) is 0 Å². The van der Waals surface area contributed by atoms with E-state index in [1.165, 1.54) is 20.2 Å². The maximum atomic E-state index is 12.6. The van der Waals surface area contributed by atoms with Crippen LogP contribution in [0.1, 0.15) is 5.56 Å². The van der Waals surface area contributed by atoms with Gasteiger partial charge in [-0.15, -0.1) is 0 Å². The second kappa shape index (κ2) is 6.02. The normalized spacial score (nSPS) is 10.8. The first-order valence-corrected chi connectivity index (χ1v) is 4.56. The van der Waals surface area contributed by atoms with Crippen molar-refractivity contribution in [3.8, 4) is 5.88 Å². The predicted molar refractivity (Wildman–Crippen MR) is 51.9 cm³/mol. The number of hydrogen-bond donors (Lipinski definition) is 0. The molecule has 0 N–H and O–H groups in total. The molecular formula is C7H7BBrF3KNO. The van der Waals surface area contributed by atoms with Crippen LogP contribution >= 0.6 is 15.9 Å². The fourth-order valence-corrected chi connectivity index (χ4v) is 1.43. The van der Waals surface area contributed by atoms with Gasteiger partial charge in [0.15, 0.2) is 5.88 Å². The Hall–Kier alpha value is 0.921. The van der Waals surface area contributed by atoms with Gasteiger partial charge in [-0.2, -0.15) is 0 Å². The molecule has 0 bridgehead atoms. The molecule has 0 atom stereocenters. The number of pyridine rings is 1. The minimum Gasteiger partial charge on any atom is -0.483 e. The largest absolute Gasteiger partial charge is 1.00 e. The molecule has 0 aromatic carbocycles. The van der Waals surface area contributed by atoms with Crippen LogP contribution in [0, 0.1) is 6.92 Å². The summed E-state index contributed by atoms with van der Waals surface area (Å²) in [6.45, 7) is -3.73. The van der Waals surface area contributed by atoms with Crippen molar-refractivity contribution >= 4 is 28.4 Å². The van der Waals surface area contributed by atoms with Crippen molar-refractivity contribution in [2.75, 3.05) is 7.11 Å². The van der Waals surface area contributed by atoms with Crippen molar-refractivity contribution in [2.45, 2.75) is 6.92 Å². The van der Waals surface area contributed by atoms with E-state index < -0.39 is 12.4 Å². The topological polar surface area (TPSA) is 22.1 Å². The zero-order valence-corrected chi connectivity index (χ0v) is 13.2. The third-order valence-corrected chi connectivity index (χ3v) is 2.61. The number of ether oxygens (including phenoxy) is 1. The maximum absolute atomic E-state index is 12.6. The standard InChI is InChI=1S/C7H7BBrF3NO.K/c1-4-5(9)3-13-7(14-2)6(4)8(10,11)12;/h3H,1-2H3;/q-1;+1. The monoisotopic (exact) mass is 307 g/mol. The Morgan fingerprint density at radius 3 is 2.33 bits per heavy atom. The molecule has 0 aliphatic heterocycles. The summed E-state index contributed by atoms with van der Waals surface area (Å²) in [5.74, 6) is -0.377. The fourth-order valence-electron chi connectivity index (χ4n) is 1.12. The van der Waals surface area contributed by atoms with Crippen LogP contribution in [0.2, 0.25) is 0 Å². The van der Waals surface area contributed by atoms with E-state index in [0.29, 0.717) is 4.47 Å². The van der Waals surface area contributed by atoms with Crippen molar-refractivity contribution < 1.29 is 69.1 Å². The van der Waals surface area contributed by atoms with Crippen LogP contribution in [0.15, 0.2) is 10.7 Å². The average Bonchev–Trinajstić information content (AvgIpc) is 2.07. The number of halogens is 4. The van der Waals surface area contributed by atoms with Gasteiger partial charge in [-0.05, 0) is 28.3 Å². The Labute approximate surface area is 137 Å². The van der Waals surface area contributed by atoms with E-state index >= 15 is 0 Å². The summed E-state index contributed by atoms with van der Waals surface area (Å²) < 4.78 is 42.7. The van der Waals surface area contributed by atoms with Gasteiger partial charge < -0.3 is 17.7 Å². The van der Waals surface area contributed by atoms with E-state index in [-0.39, 0.29) is 62.8 Å². The summed E-state index contributed by atoms with van der Waals surface area (Å²) in [7, 11) is 1.17. The zero-order valence-electron chi connectivity index (χ0n) is 8.52. The quantitative estimate of drug-likeness (QED) is 0.669.